The van der Waals surface area contributed by atoms with Crippen molar-refractivity contribution in [3.63, 3.8) is 0 Å². The van der Waals surface area contributed by atoms with Crippen LogP contribution < -0.4 is 16.2 Å². The second-order valence-corrected chi connectivity index (χ2v) is 3.39. The van der Waals surface area contributed by atoms with Gasteiger partial charge < -0.3 is 16.2 Å². The summed E-state index contributed by atoms with van der Waals surface area (Å²) in [4.78, 5) is 3.93. The van der Waals surface area contributed by atoms with Crippen molar-refractivity contribution >= 4 is 11.5 Å². The lowest BCUT2D eigenvalue weighted by Gasteiger charge is -2.08. The number of nitrogens with zero attached hydrogens (tertiary/aromatic N) is 1. The van der Waals surface area contributed by atoms with Gasteiger partial charge in [0.2, 0.25) is 0 Å². The van der Waals surface area contributed by atoms with E-state index < -0.39 is 0 Å². The molecule has 0 fully saturated rings. The van der Waals surface area contributed by atoms with Crippen LogP contribution in [0.15, 0.2) is 36.5 Å². The lowest BCUT2D eigenvalue weighted by molar-refractivity contribution is 0.415. The van der Waals surface area contributed by atoms with Gasteiger partial charge in [0.25, 0.3) is 0 Å². The highest BCUT2D eigenvalue weighted by Gasteiger charge is 2.06. The third-order valence-corrected chi connectivity index (χ3v) is 2.40. The van der Waals surface area contributed by atoms with E-state index in [0.29, 0.717) is 11.5 Å². The van der Waals surface area contributed by atoms with Crippen molar-refractivity contribution in [2.24, 2.45) is 0 Å². The number of hydrogen-bond acceptors (Lipinski definition) is 4. The Balaban J connectivity index is 2.54. The van der Waals surface area contributed by atoms with E-state index in [1.54, 1.807) is 13.3 Å². The molecule has 16 heavy (non-hydrogen) atoms. The molecule has 0 radical (unpaired) electrons. The predicted octanol–water partition coefficient (Wildman–Crippen LogP) is 1.92. The van der Waals surface area contributed by atoms with Crippen LogP contribution in [0, 0.1) is 0 Å². The molecule has 0 spiro atoms. The van der Waals surface area contributed by atoms with Crippen LogP contribution in [0.1, 0.15) is 0 Å². The van der Waals surface area contributed by atoms with E-state index in [9.17, 15) is 0 Å². The molecule has 1 aromatic heterocycles. The van der Waals surface area contributed by atoms with Crippen LogP contribution in [0.2, 0.25) is 0 Å². The predicted molar refractivity (Wildman–Crippen MR) is 65.0 cm³/mol. The molecule has 82 valence electrons. The average molecular weight is 215 g/mol. The first-order valence-electron chi connectivity index (χ1n) is 4.86. The molecule has 1 heterocycles. The fourth-order valence-corrected chi connectivity index (χ4v) is 1.53. The summed E-state index contributed by atoms with van der Waals surface area (Å²) in [6, 6.07) is 9.48. The molecule has 2 rings (SSSR count). The summed E-state index contributed by atoms with van der Waals surface area (Å²) >= 11 is 0. The highest BCUT2D eigenvalue weighted by molar-refractivity contribution is 5.82. The van der Waals surface area contributed by atoms with Crippen molar-refractivity contribution in [1.82, 2.24) is 4.98 Å². The second-order valence-electron chi connectivity index (χ2n) is 3.39. The number of rotatable bonds is 2. The minimum Gasteiger partial charge on any atom is -0.497 e. The van der Waals surface area contributed by atoms with Crippen molar-refractivity contribution < 1.29 is 4.74 Å². The molecule has 0 unspecified atom stereocenters. The number of nitrogen functional groups attached to an aromatic ring is 2. The summed E-state index contributed by atoms with van der Waals surface area (Å²) in [5.41, 5.74) is 13.9. The van der Waals surface area contributed by atoms with Crippen molar-refractivity contribution in [3.8, 4) is 16.9 Å². The minimum absolute atomic E-state index is 0.348. The van der Waals surface area contributed by atoms with Crippen LogP contribution in [0.3, 0.4) is 0 Å². The third kappa shape index (κ3) is 1.77. The first-order chi connectivity index (χ1) is 7.72. The molecule has 0 bridgehead atoms. The lowest BCUT2D eigenvalue weighted by atomic mass is 10.1. The highest BCUT2D eigenvalue weighted by atomic mass is 16.5. The van der Waals surface area contributed by atoms with Crippen molar-refractivity contribution in [1.29, 1.82) is 0 Å². The topological polar surface area (TPSA) is 74.2 Å². The van der Waals surface area contributed by atoms with Gasteiger partial charge >= 0.3 is 0 Å². The molecule has 4 N–H and O–H groups in total. The van der Waals surface area contributed by atoms with Gasteiger partial charge in [0.05, 0.1) is 12.8 Å². The normalized spacial score (nSPS) is 10.1. The summed E-state index contributed by atoms with van der Waals surface area (Å²) in [6.45, 7) is 0. The molecule has 0 amide bonds. The van der Waals surface area contributed by atoms with E-state index in [0.717, 1.165) is 16.9 Å². The van der Waals surface area contributed by atoms with Crippen molar-refractivity contribution in [3.05, 3.63) is 36.5 Å². The van der Waals surface area contributed by atoms with Gasteiger partial charge in [-0.3, -0.25) is 0 Å². The maximum Gasteiger partial charge on any atom is 0.147 e. The van der Waals surface area contributed by atoms with Crippen LogP contribution in [0.25, 0.3) is 11.1 Å². The Labute approximate surface area is 93.9 Å². The van der Waals surface area contributed by atoms with E-state index >= 15 is 0 Å². The molecule has 4 heteroatoms. The molecule has 0 aliphatic rings. The van der Waals surface area contributed by atoms with E-state index in [1.165, 1.54) is 0 Å². The first-order valence-corrected chi connectivity index (χ1v) is 4.86. The van der Waals surface area contributed by atoms with Gasteiger partial charge in [0.15, 0.2) is 0 Å². The summed E-state index contributed by atoms with van der Waals surface area (Å²) in [5.74, 6) is 1.13. The third-order valence-electron chi connectivity index (χ3n) is 2.40. The number of ether oxygens (including phenoxy) is 1. The fraction of sp³-hybridized carbons (Fsp3) is 0.0833. The summed E-state index contributed by atoms with van der Waals surface area (Å²) < 4.78 is 5.16. The van der Waals surface area contributed by atoms with E-state index in [-0.39, 0.29) is 0 Å². The largest absolute Gasteiger partial charge is 0.497 e. The quantitative estimate of drug-likeness (QED) is 0.802. The molecule has 0 atom stereocenters. The Kier molecular flexibility index (Phi) is 2.64. The van der Waals surface area contributed by atoms with Gasteiger partial charge in [-0.05, 0) is 23.8 Å². The summed E-state index contributed by atoms with van der Waals surface area (Å²) in [7, 11) is 1.63. The second kappa shape index (κ2) is 4.10. The van der Waals surface area contributed by atoms with Gasteiger partial charge in [-0.2, -0.15) is 0 Å². The Bertz CT molecular complexity index is 511. The lowest BCUT2D eigenvalue weighted by Crippen LogP contribution is -1.99. The van der Waals surface area contributed by atoms with Crippen molar-refractivity contribution in [2.45, 2.75) is 0 Å². The number of methoxy groups -OCH3 is 1. The SMILES string of the molecule is COc1cccc(-c2ccnc(N)c2N)c1. The molecule has 0 aliphatic heterocycles. The number of aromatic nitrogens is 1. The van der Waals surface area contributed by atoms with E-state index in [4.69, 9.17) is 16.2 Å². The Morgan fingerprint density at radius 2 is 2.00 bits per heavy atom. The molecule has 0 aliphatic carbocycles. The van der Waals surface area contributed by atoms with Gasteiger partial charge in [-0.15, -0.1) is 0 Å². The van der Waals surface area contributed by atoms with Gasteiger partial charge in [-0.1, -0.05) is 12.1 Å². The molecule has 1 aromatic carbocycles. The monoisotopic (exact) mass is 215 g/mol. The minimum atomic E-state index is 0.348. The molecular weight excluding hydrogens is 202 g/mol. The average Bonchev–Trinajstić information content (AvgIpc) is 2.33. The Morgan fingerprint density at radius 1 is 1.19 bits per heavy atom. The number of benzene rings is 1. The van der Waals surface area contributed by atoms with Crippen LogP contribution in [0.5, 0.6) is 5.75 Å². The number of hydrogen-bond donors (Lipinski definition) is 2. The van der Waals surface area contributed by atoms with Crippen LogP contribution in [-0.2, 0) is 0 Å². The number of pyridine rings is 1. The number of anilines is 2. The highest BCUT2D eigenvalue weighted by Crippen LogP contribution is 2.30. The zero-order valence-corrected chi connectivity index (χ0v) is 8.97. The van der Waals surface area contributed by atoms with Crippen molar-refractivity contribution in [2.75, 3.05) is 18.6 Å². The van der Waals surface area contributed by atoms with Crippen LogP contribution in [0.4, 0.5) is 11.5 Å². The smallest absolute Gasteiger partial charge is 0.147 e. The Morgan fingerprint density at radius 3 is 2.75 bits per heavy atom. The molecule has 4 nitrogen and oxygen atoms in total. The number of nitrogens with two attached hydrogens (primary N) is 2. The van der Waals surface area contributed by atoms with Gasteiger partial charge in [-0.25, -0.2) is 4.98 Å². The van der Waals surface area contributed by atoms with E-state index in [1.807, 2.05) is 30.3 Å². The zero-order chi connectivity index (χ0) is 11.5. The maximum atomic E-state index is 5.88. The Hall–Kier alpha value is -2.23. The van der Waals surface area contributed by atoms with Crippen LogP contribution >= 0.6 is 0 Å². The maximum absolute atomic E-state index is 5.88. The molecule has 2 aromatic rings. The molecule has 0 saturated carbocycles. The zero-order valence-electron chi connectivity index (χ0n) is 8.97. The summed E-state index contributed by atoms with van der Waals surface area (Å²) in [5, 5.41) is 0. The summed E-state index contributed by atoms with van der Waals surface area (Å²) in [6.07, 6.45) is 1.64. The van der Waals surface area contributed by atoms with Gasteiger partial charge in [0.1, 0.15) is 11.6 Å². The first kappa shape index (κ1) is 10.3. The molecule has 0 saturated heterocycles. The van der Waals surface area contributed by atoms with Crippen LogP contribution in [-0.4, -0.2) is 12.1 Å². The standard InChI is InChI=1S/C12H13N3O/c1-16-9-4-2-3-8(7-9)10-5-6-15-12(14)11(10)13/h2-7H,13H2,1H3,(H2,14,15). The molecular formula is C12H13N3O. The van der Waals surface area contributed by atoms with E-state index in [2.05, 4.69) is 4.98 Å². The van der Waals surface area contributed by atoms with Gasteiger partial charge in [0, 0.05) is 11.8 Å². The fourth-order valence-electron chi connectivity index (χ4n) is 1.53.